The lowest BCUT2D eigenvalue weighted by molar-refractivity contribution is -0.116. The molecule has 8 heteroatoms. The van der Waals surface area contributed by atoms with E-state index in [1.807, 2.05) is 56.3 Å². The summed E-state index contributed by atoms with van der Waals surface area (Å²) in [6.07, 6.45) is 0.359. The van der Waals surface area contributed by atoms with Gasteiger partial charge in [0.2, 0.25) is 11.0 Å². The number of aryl methyl sites for hydroxylation is 1. The van der Waals surface area contributed by atoms with Gasteiger partial charge in [-0.1, -0.05) is 35.1 Å². The number of nitrogens with zero attached hydrogens (tertiary/aromatic N) is 3. The van der Waals surface area contributed by atoms with E-state index in [0.29, 0.717) is 29.0 Å². The number of amides is 1. The number of halogens is 1. The number of fused-ring (bicyclic) bond motifs is 2. The monoisotopic (exact) mass is 438 g/mol. The van der Waals surface area contributed by atoms with Crippen LogP contribution in [0.4, 0.5) is 5.82 Å². The molecule has 1 aliphatic heterocycles. The van der Waals surface area contributed by atoms with E-state index in [1.54, 1.807) is 4.68 Å². The van der Waals surface area contributed by atoms with Crippen LogP contribution in [0.15, 0.2) is 42.5 Å². The van der Waals surface area contributed by atoms with Gasteiger partial charge in [0.1, 0.15) is 11.6 Å². The Kier molecular flexibility index (Phi) is 4.72. The highest BCUT2D eigenvalue weighted by molar-refractivity contribution is 7.20. The third-order valence-corrected chi connectivity index (χ3v) is 6.42. The Morgan fingerprint density at radius 1 is 1.30 bits per heavy atom. The van der Waals surface area contributed by atoms with E-state index in [-0.39, 0.29) is 11.8 Å². The van der Waals surface area contributed by atoms with Crippen LogP contribution < -0.4 is 10.1 Å². The molecule has 0 radical (unpaired) electrons. The summed E-state index contributed by atoms with van der Waals surface area (Å²) in [4.78, 5) is 17.3. The number of hydrogen-bond acceptors (Lipinski definition) is 5. The van der Waals surface area contributed by atoms with Crippen molar-refractivity contribution in [2.45, 2.75) is 26.2 Å². The first-order valence-corrected chi connectivity index (χ1v) is 10.9. The lowest BCUT2D eigenvalue weighted by Gasteiger charge is -2.24. The molecule has 2 aromatic heterocycles. The lowest BCUT2D eigenvalue weighted by Crippen LogP contribution is -2.24. The zero-order chi connectivity index (χ0) is 20.8. The van der Waals surface area contributed by atoms with Crippen LogP contribution in [0.3, 0.4) is 0 Å². The van der Waals surface area contributed by atoms with E-state index in [9.17, 15) is 4.79 Å². The predicted octanol–water partition coefficient (Wildman–Crippen LogP) is 5.32. The SMILES string of the molecule is CCOc1ccc2nc(-n3nc(C)c4c3NC(=O)C[C@@H]4c3cccc(Cl)c3)sc2c1. The van der Waals surface area contributed by atoms with Crippen LogP contribution in [-0.4, -0.2) is 27.3 Å². The zero-order valence-corrected chi connectivity index (χ0v) is 18.0. The molecule has 152 valence electrons. The molecule has 0 saturated carbocycles. The summed E-state index contributed by atoms with van der Waals surface area (Å²) in [7, 11) is 0. The fourth-order valence-electron chi connectivity index (χ4n) is 3.93. The maximum Gasteiger partial charge on any atom is 0.226 e. The summed E-state index contributed by atoms with van der Waals surface area (Å²) >= 11 is 7.72. The minimum atomic E-state index is -0.0971. The second-order valence-electron chi connectivity index (χ2n) is 7.18. The van der Waals surface area contributed by atoms with Crippen molar-refractivity contribution in [1.82, 2.24) is 14.8 Å². The van der Waals surface area contributed by atoms with Crippen molar-refractivity contribution in [3.63, 3.8) is 0 Å². The fourth-order valence-corrected chi connectivity index (χ4v) is 5.08. The van der Waals surface area contributed by atoms with Gasteiger partial charge in [-0.3, -0.25) is 4.79 Å². The molecule has 1 amide bonds. The highest BCUT2D eigenvalue weighted by Crippen LogP contribution is 2.41. The van der Waals surface area contributed by atoms with Crippen molar-refractivity contribution in [2.24, 2.45) is 0 Å². The molecule has 0 saturated heterocycles. The standard InChI is InChI=1S/C22H19ClN4O2S/c1-3-29-15-7-8-17-18(10-15)30-22(24-17)27-21-20(12(2)26-27)16(11-19(28)25-21)13-5-4-6-14(23)9-13/h4-10,16H,3,11H2,1-2H3,(H,25,28)/t16-/m1/s1. The number of benzene rings is 2. The van der Waals surface area contributed by atoms with Gasteiger partial charge in [-0.2, -0.15) is 9.78 Å². The predicted molar refractivity (Wildman–Crippen MR) is 119 cm³/mol. The van der Waals surface area contributed by atoms with Gasteiger partial charge in [0.25, 0.3) is 0 Å². The van der Waals surface area contributed by atoms with Crippen molar-refractivity contribution in [3.8, 4) is 10.9 Å². The second kappa shape index (κ2) is 7.41. The molecule has 1 atom stereocenters. The van der Waals surface area contributed by atoms with Crippen molar-refractivity contribution in [3.05, 3.63) is 64.3 Å². The molecule has 1 N–H and O–H groups in total. The number of nitrogens with one attached hydrogen (secondary N) is 1. The van der Waals surface area contributed by atoms with Crippen LogP contribution in [0.25, 0.3) is 15.3 Å². The fraction of sp³-hybridized carbons (Fsp3) is 0.227. The van der Waals surface area contributed by atoms with Crippen LogP contribution >= 0.6 is 22.9 Å². The van der Waals surface area contributed by atoms with E-state index in [4.69, 9.17) is 26.4 Å². The van der Waals surface area contributed by atoms with Crippen LogP contribution in [0.2, 0.25) is 5.02 Å². The number of carbonyl (C=O) groups excluding carboxylic acids is 1. The Bertz CT molecular complexity index is 1280. The molecule has 3 heterocycles. The third-order valence-electron chi connectivity index (χ3n) is 5.19. The Labute approximate surface area is 182 Å². The summed E-state index contributed by atoms with van der Waals surface area (Å²) in [6, 6.07) is 13.5. The molecule has 0 bridgehead atoms. The molecule has 2 aromatic carbocycles. The molecule has 30 heavy (non-hydrogen) atoms. The molecular formula is C22H19ClN4O2S. The molecule has 6 nitrogen and oxygen atoms in total. The number of rotatable bonds is 4. The molecule has 0 aliphatic carbocycles. The minimum Gasteiger partial charge on any atom is -0.494 e. The Morgan fingerprint density at radius 2 is 2.17 bits per heavy atom. The molecule has 0 spiro atoms. The maximum absolute atomic E-state index is 12.6. The van der Waals surface area contributed by atoms with Crippen LogP contribution in [0.5, 0.6) is 5.75 Å². The number of aromatic nitrogens is 3. The van der Waals surface area contributed by atoms with E-state index < -0.39 is 0 Å². The molecule has 4 aromatic rings. The van der Waals surface area contributed by atoms with E-state index in [0.717, 1.165) is 32.8 Å². The van der Waals surface area contributed by atoms with Crippen molar-refractivity contribution < 1.29 is 9.53 Å². The van der Waals surface area contributed by atoms with Gasteiger partial charge < -0.3 is 10.1 Å². The Hall–Kier alpha value is -2.90. The summed E-state index contributed by atoms with van der Waals surface area (Å²) in [5.41, 5.74) is 3.75. The number of carbonyl (C=O) groups is 1. The normalized spacial score (nSPS) is 15.8. The number of ether oxygens (including phenoxy) is 1. The smallest absolute Gasteiger partial charge is 0.226 e. The van der Waals surface area contributed by atoms with Crippen molar-refractivity contribution in [2.75, 3.05) is 11.9 Å². The topological polar surface area (TPSA) is 69.0 Å². The van der Waals surface area contributed by atoms with Crippen molar-refractivity contribution in [1.29, 1.82) is 0 Å². The van der Waals surface area contributed by atoms with Crippen LogP contribution in [-0.2, 0) is 4.79 Å². The zero-order valence-electron chi connectivity index (χ0n) is 16.5. The first-order valence-electron chi connectivity index (χ1n) is 9.72. The summed E-state index contributed by atoms with van der Waals surface area (Å²) in [6.45, 7) is 4.53. The van der Waals surface area contributed by atoms with Gasteiger partial charge >= 0.3 is 0 Å². The molecule has 0 fully saturated rings. The quantitative estimate of drug-likeness (QED) is 0.468. The summed E-state index contributed by atoms with van der Waals surface area (Å²) in [5.74, 6) is 1.35. The van der Waals surface area contributed by atoms with Gasteiger partial charge in [-0.05, 0) is 49.7 Å². The second-order valence-corrected chi connectivity index (χ2v) is 8.62. The first kappa shape index (κ1) is 19.1. The lowest BCUT2D eigenvalue weighted by atomic mass is 9.86. The van der Waals surface area contributed by atoms with Crippen LogP contribution in [0, 0.1) is 6.92 Å². The van der Waals surface area contributed by atoms with Gasteiger partial charge in [-0.25, -0.2) is 4.98 Å². The van der Waals surface area contributed by atoms with E-state index in [1.165, 1.54) is 11.3 Å². The molecular weight excluding hydrogens is 420 g/mol. The molecule has 0 unspecified atom stereocenters. The molecule has 5 rings (SSSR count). The summed E-state index contributed by atoms with van der Waals surface area (Å²) in [5, 5.41) is 9.10. The van der Waals surface area contributed by atoms with Gasteiger partial charge in [0.05, 0.1) is 22.5 Å². The highest BCUT2D eigenvalue weighted by Gasteiger charge is 2.33. The average Bonchev–Trinajstić information content (AvgIpc) is 3.28. The van der Waals surface area contributed by atoms with Crippen LogP contribution in [0.1, 0.15) is 36.1 Å². The number of anilines is 1. The first-order chi connectivity index (χ1) is 14.5. The Morgan fingerprint density at radius 3 is 2.97 bits per heavy atom. The van der Waals surface area contributed by atoms with E-state index in [2.05, 4.69) is 5.32 Å². The summed E-state index contributed by atoms with van der Waals surface area (Å²) < 4.78 is 8.35. The minimum absolute atomic E-state index is 0.0478. The highest BCUT2D eigenvalue weighted by atomic mass is 35.5. The average molecular weight is 439 g/mol. The Balaban J connectivity index is 1.63. The van der Waals surface area contributed by atoms with Crippen molar-refractivity contribution >= 4 is 44.9 Å². The maximum atomic E-state index is 12.6. The molecule has 1 aliphatic rings. The van der Waals surface area contributed by atoms with Gasteiger partial charge in [-0.15, -0.1) is 0 Å². The number of hydrogen-bond donors (Lipinski definition) is 1. The number of thiazole rings is 1. The third kappa shape index (κ3) is 3.24. The van der Waals surface area contributed by atoms with Gasteiger partial charge in [0.15, 0.2) is 0 Å². The van der Waals surface area contributed by atoms with E-state index >= 15 is 0 Å². The van der Waals surface area contributed by atoms with Gasteiger partial charge in [0, 0.05) is 22.9 Å². The largest absolute Gasteiger partial charge is 0.494 e.